The van der Waals surface area contributed by atoms with Gasteiger partial charge in [-0.1, -0.05) is 37.1 Å². The maximum absolute atomic E-state index is 12.4. The minimum absolute atomic E-state index is 0.0783. The number of rotatable bonds is 6. The van der Waals surface area contributed by atoms with Crippen molar-refractivity contribution in [3.8, 4) is 0 Å². The van der Waals surface area contributed by atoms with Crippen molar-refractivity contribution in [2.75, 3.05) is 12.0 Å². The van der Waals surface area contributed by atoms with Crippen molar-refractivity contribution in [1.82, 2.24) is 19.5 Å². The number of nitrogens with one attached hydrogen (secondary N) is 1. The first-order valence-electron chi connectivity index (χ1n) is 11.9. The molecule has 4 rings (SSSR count). The van der Waals surface area contributed by atoms with Gasteiger partial charge in [0.05, 0.1) is 0 Å². The number of halogens is 1. The molecule has 34 heavy (non-hydrogen) atoms. The second-order valence-corrected chi connectivity index (χ2v) is 9.23. The summed E-state index contributed by atoms with van der Waals surface area (Å²) in [5.41, 5.74) is 9.92. The summed E-state index contributed by atoms with van der Waals surface area (Å²) in [5, 5.41) is 0.709. The summed E-state index contributed by atoms with van der Waals surface area (Å²) in [4.78, 5) is 24.0. The molecule has 0 radical (unpaired) electrons. The van der Waals surface area contributed by atoms with E-state index in [2.05, 4.69) is 47.4 Å². The first-order valence-corrected chi connectivity index (χ1v) is 12.2. The van der Waals surface area contributed by atoms with Crippen LogP contribution in [0.1, 0.15) is 63.2 Å². The molecule has 0 saturated heterocycles. The Bertz CT molecular complexity index is 1250. The molecule has 4 heterocycles. The largest absolute Gasteiger partial charge is 0.300 e. The highest BCUT2D eigenvalue weighted by Gasteiger charge is 2.31. The number of allylic oxidation sites excluding steroid dienone is 7. The molecule has 2 aliphatic rings. The molecule has 2 aromatic rings. The molecule has 2 aromatic heterocycles. The van der Waals surface area contributed by atoms with Crippen LogP contribution in [0.15, 0.2) is 64.2 Å². The number of hydrogen-bond acceptors (Lipinski definition) is 5. The Morgan fingerprint density at radius 1 is 1.32 bits per heavy atom. The number of hydrogen-bond donors (Lipinski definition) is 1. The van der Waals surface area contributed by atoms with Crippen molar-refractivity contribution in [2.24, 2.45) is 0 Å². The van der Waals surface area contributed by atoms with E-state index in [1.165, 1.54) is 17.2 Å². The van der Waals surface area contributed by atoms with Crippen molar-refractivity contribution >= 4 is 22.7 Å². The molecule has 7 heteroatoms. The van der Waals surface area contributed by atoms with Gasteiger partial charge in [-0.25, -0.2) is 9.66 Å². The molecule has 178 valence electrons. The zero-order chi connectivity index (χ0) is 24.2. The van der Waals surface area contributed by atoms with Gasteiger partial charge in [-0.05, 0) is 67.7 Å². The minimum atomic E-state index is -0.0995. The van der Waals surface area contributed by atoms with Crippen LogP contribution < -0.4 is 11.0 Å². The van der Waals surface area contributed by atoms with Gasteiger partial charge in [0.1, 0.15) is 6.17 Å². The average Bonchev–Trinajstić information content (AvgIpc) is 2.84. The lowest BCUT2D eigenvalue weighted by atomic mass is 9.97. The molecule has 2 aliphatic heterocycles. The molecule has 1 atom stereocenters. The van der Waals surface area contributed by atoms with Gasteiger partial charge < -0.3 is 0 Å². The Hall–Kier alpha value is -2.96. The summed E-state index contributed by atoms with van der Waals surface area (Å²) in [6, 6.07) is 3.70. The average molecular weight is 478 g/mol. The second-order valence-electron chi connectivity index (χ2n) is 8.80. The molecule has 0 saturated carbocycles. The Labute approximate surface area is 206 Å². The number of fused-ring (bicyclic) bond motifs is 2. The quantitative estimate of drug-likeness (QED) is 0.575. The Morgan fingerprint density at radius 3 is 2.91 bits per heavy atom. The van der Waals surface area contributed by atoms with Crippen LogP contribution in [-0.4, -0.2) is 32.3 Å². The Balaban J connectivity index is 1.59. The topological polar surface area (TPSA) is 63.1 Å². The van der Waals surface area contributed by atoms with Crippen LogP contribution in [0.4, 0.5) is 0 Å². The van der Waals surface area contributed by atoms with Crippen molar-refractivity contribution < 1.29 is 0 Å². The van der Waals surface area contributed by atoms with Gasteiger partial charge >= 0.3 is 0 Å². The van der Waals surface area contributed by atoms with E-state index in [-0.39, 0.29) is 11.7 Å². The van der Waals surface area contributed by atoms with E-state index in [1.54, 1.807) is 10.9 Å². The van der Waals surface area contributed by atoms with E-state index in [9.17, 15) is 4.79 Å². The maximum atomic E-state index is 12.4. The third-order valence-corrected chi connectivity index (χ3v) is 6.77. The highest BCUT2D eigenvalue weighted by atomic mass is 35.5. The Morgan fingerprint density at radius 2 is 2.15 bits per heavy atom. The first-order chi connectivity index (χ1) is 16.4. The van der Waals surface area contributed by atoms with Crippen molar-refractivity contribution in [3.05, 3.63) is 92.4 Å². The van der Waals surface area contributed by atoms with Gasteiger partial charge in [-0.3, -0.25) is 20.1 Å². The number of unbranched alkanes of at least 4 members (excludes halogenated alkanes) is 1. The van der Waals surface area contributed by atoms with Crippen molar-refractivity contribution in [1.29, 1.82) is 0 Å². The van der Waals surface area contributed by atoms with Gasteiger partial charge in [-0.15, -0.1) is 0 Å². The molecular weight excluding hydrogens is 446 g/mol. The monoisotopic (exact) mass is 477 g/mol. The molecule has 1 unspecified atom stereocenters. The Kier molecular flexibility index (Phi) is 7.49. The molecule has 1 N–H and O–H groups in total. The second kappa shape index (κ2) is 10.5. The van der Waals surface area contributed by atoms with E-state index in [0.717, 1.165) is 54.8 Å². The lowest BCUT2D eigenvalue weighted by Gasteiger charge is -2.40. The molecule has 0 aliphatic carbocycles. The van der Waals surface area contributed by atoms with E-state index in [0.29, 0.717) is 10.9 Å². The fraction of sp³-hybridized carbons (Fsp3) is 0.370. The summed E-state index contributed by atoms with van der Waals surface area (Å²) < 4.78 is 1.56. The third-order valence-electron chi connectivity index (χ3n) is 6.54. The smallest absolute Gasteiger partial charge is 0.272 e. The van der Waals surface area contributed by atoms with Gasteiger partial charge in [0.25, 0.3) is 5.56 Å². The predicted octanol–water partition coefficient (Wildman–Crippen LogP) is 5.26. The van der Waals surface area contributed by atoms with Crippen LogP contribution in [0, 0.1) is 0 Å². The fourth-order valence-electron chi connectivity index (χ4n) is 4.47. The predicted molar refractivity (Wildman–Crippen MR) is 140 cm³/mol. The van der Waals surface area contributed by atoms with Gasteiger partial charge in [-0.2, -0.15) is 0 Å². The lowest BCUT2D eigenvalue weighted by Crippen LogP contribution is -2.52. The van der Waals surface area contributed by atoms with Crippen LogP contribution in [0.5, 0.6) is 0 Å². The summed E-state index contributed by atoms with van der Waals surface area (Å²) in [7, 11) is 0. The maximum Gasteiger partial charge on any atom is 0.272 e. The summed E-state index contributed by atoms with van der Waals surface area (Å²) in [6.07, 6.45) is 14.5. The molecule has 0 bridgehead atoms. The normalized spacial score (nSPS) is 19.3. The molecule has 0 aromatic carbocycles. The SMILES string of the molecule is C\C=C(/C=C(Cl)\C=C\CCC)c1cnc2c(c1)CN(C1Nn3c(nccc3=O)C(C)=C1C)CC2. The van der Waals surface area contributed by atoms with Crippen LogP contribution in [0.2, 0.25) is 0 Å². The van der Waals surface area contributed by atoms with Gasteiger partial charge in [0, 0.05) is 54.3 Å². The summed E-state index contributed by atoms with van der Waals surface area (Å²) in [6.45, 7) is 9.91. The molecule has 0 fully saturated rings. The summed E-state index contributed by atoms with van der Waals surface area (Å²) >= 11 is 6.45. The zero-order valence-electron chi connectivity index (χ0n) is 20.3. The highest BCUT2D eigenvalue weighted by molar-refractivity contribution is 6.31. The van der Waals surface area contributed by atoms with Crippen LogP contribution in [0.3, 0.4) is 0 Å². The number of pyridine rings is 1. The van der Waals surface area contributed by atoms with Crippen LogP contribution >= 0.6 is 11.6 Å². The zero-order valence-corrected chi connectivity index (χ0v) is 21.1. The lowest BCUT2D eigenvalue weighted by molar-refractivity contribution is 0.204. The van der Waals surface area contributed by atoms with E-state index in [1.807, 2.05) is 32.2 Å². The molecule has 0 spiro atoms. The number of nitrogens with zero attached hydrogens (tertiary/aromatic N) is 4. The van der Waals surface area contributed by atoms with Gasteiger partial charge in [0.15, 0.2) is 5.82 Å². The van der Waals surface area contributed by atoms with Crippen molar-refractivity contribution in [2.45, 2.75) is 59.7 Å². The summed E-state index contributed by atoms with van der Waals surface area (Å²) in [5.74, 6) is 0.678. The molecule has 6 nitrogen and oxygen atoms in total. The standard InChI is InChI=1S/C27H32ClN5O/c1-5-7-8-9-23(28)15-20(6-2)21-14-22-17-32(13-11-24(22)30-16-21)27-19(4)18(3)26-29-12-10-25(34)33(26)31-27/h6,8-10,12,14-16,27,31H,5,7,11,13,17H2,1-4H3/b9-8+,20-6+,23-15+. The number of aromatic nitrogens is 3. The van der Waals surface area contributed by atoms with Crippen molar-refractivity contribution in [3.63, 3.8) is 0 Å². The van der Waals surface area contributed by atoms with Gasteiger partial charge in [0.2, 0.25) is 0 Å². The van der Waals surface area contributed by atoms with E-state index < -0.39 is 0 Å². The molecule has 0 amide bonds. The minimum Gasteiger partial charge on any atom is -0.300 e. The first kappa shape index (κ1) is 24.2. The third kappa shape index (κ3) is 4.93. The van der Waals surface area contributed by atoms with E-state index in [4.69, 9.17) is 16.6 Å². The van der Waals surface area contributed by atoms with Crippen LogP contribution in [-0.2, 0) is 13.0 Å². The van der Waals surface area contributed by atoms with Crippen LogP contribution in [0.25, 0.3) is 11.1 Å². The molecular formula is C27H32ClN5O. The highest BCUT2D eigenvalue weighted by Crippen LogP contribution is 2.29. The van der Waals surface area contributed by atoms with E-state index >= 15 is 0 Å². The fourth-order valence-corrected chi connectivity index (χ4v) is 4.68.